The summed E-state index contributed by atoms with van der Waals surface area (Å²) in [7, 11) is 1.37. The lowest BCUT2D eigenvalue weighted by molar-refractivity contribution is -0.0868. The molecule has 3 rings (SSSR count). The van der Waals surface area contributed by atoms with Crippen LogP contribution in [0.25, 0.3) is 0 Å². The molecule has 8 nitrogen and oxygen atoms in total. The number of para-hydroxylation sites is 1. The Hall–Kier alpha value is -1.68. The SMILES string of the molecule is COC(=O)N1CCC[C@H](NOS(C)=O)[C@@H]1COC1CC(Oc2ccccc2)C1. The number of hydroxylamine groups is 1. The van der Waals surface area contributed by atoms with Gasteiger partial charge in [0.25, 0.3) is 0 Å². The minimum Gasteiger partial charge on any atom is -0.490 e. The van der Waals surface area contributed by atoms with E-state index >= 15 is 0 Å². The Balaban J connectivity index is 1.50. The molecule has 0 aromatic heterocycles. The van der Waals surface area contributed by atoms with E-state index in [1.807, 2.05) is 30.3 Å². The van der Waals surface area contributed by atoms with Crippen LogP contribution in [0.4, 0.5) is 4.79 Å². The number of likely N-dealkylation sites (tertiary alicyclic amines) is 1. The molecule has 2 aliphatic rings. The molecule has 2 fully saturated rings. The summed E-state index contributed by atoms with van der Waals surface area (Å²) in [5.41, 5.74) is 2.83. The molecule has 0 radical (unpaired) electrons. The first-order valence-corrected chi connectivity index (χ1v) is 11.0. The van der Waals surface area contributed by atoms with Crippen molar-refractivity contribution in [1.82, 2.24) is 10.4 Å². The van der Waals surface area contributed by atoms with E-state index in [1.165, 1.54) is 13.4 Å². The third-order valence-corrected chi connectivity index (χ3v) is 5.44. The summed E-state index contributed by atoms with van der Waals surface area (Å²) < 4.78 is 33.2. The zero-order valence-electron chi connectivity index (χ0n) is 16.2. The molecule has 1 unspecified atom stereocenters. The van der Waals surface area contributed by atoms with Crippen LogP contribution in [0, 0.1) is 0 Å². The third kappa shape index (κ3) is 5.66. The third-order valence-electron chi connectivity index (χ3n) is 5.11. The van der Waals surface area contributed by atoms with Gasteiger partial charge in [-0.25, -0.2) is 13.3 Å². The van der Waals surface area contributed by atoms with Crippen LogP contribution in [-0.4, -0.2) is 66.0 Å². The predicted molar refractivity (Wildman–Crippen MR) is 104 cm³/mol. The minimum absolute atomic E-state index is 0.0945. The maximum Gasteiger partial charge on any atom is 0.409 e. The first-order valence-electron chi connectivity index (χ1n) is 9.51. The summed E-state index contributed by atoms with van der Waals surface area (Å²) in [6.07, 6.45) is 4.52. The van der Waals surface area contributed by atoms with E-state index in [4.69, 9.17) is 18.5 Å². The summed E-state index contributed by atoms with van der Waals surface area (Å²) in [6.45, 7) is 0.952. The van der Waals surface area contributed by atoms with Crippen LogP contribution in [0.15, 0.2) is 30.3 Å². The molecular formula is C19H28N2O6S. The Labute approximate surface area is 168 Å². The van der Waals surface area contributed by atoms with Crippen LogP contribution in [-0.2, 0) is 24.8 Å². The van der Waals surface area contributed by atoms with Crippen molar-refractivity contribution in [3.8, 4) is 5.75 Å². The Morgan fingerprint density at radius 1 is 1.25 bits per heavy atom. The number of methoxy groups -OCH3 is 1. The summed E-state index contributed by atoms with van der Waals surface area (Å²) in [6, 6.07) is 9.32. The molecule has 0 bridgehead atoms. The van der Waals surface area contributed by atoms with Crippen LogP contribution < -0.4 is 10.2 Å². The summed E-state index contributed by atoms with van der Waals surface area (Å²) in [5, 5.41) is 0. The molecule has 1 aliphatic heterocycles. The van der Waals surface area contributed by atoms with E-state index in [-0.39, 0.29) is 24.3 Å². The fraction of sp³-hybridized carbons (Fsp3) is 0.632. The summed E-state index contributed by atoms with van der Waals surface area (Å²) in [5.74, 6) is 0.865. The molecule has 1 saturated carbocycles. The standard InChI is InChI=1S/C19H28N2O6S/c1-24-19(22)21-10-6-9-17(20-27-28(2)23)18(21)13-25-15-11-16(12-15)26-14-7-4-3-5-8-14/h3-5,7-8,15-18,20H,6,9-13H2,1-2H3/t15?,16?,17-,18-,28?/m0/s1. The van der Waals surface area contributed by atoms with Gasteiger partial charge in [0.1, 0.15) is 11.9 Å². The highest BCUT2D eigenvalue weighted by Crippen LogP contribution is 2.29. The number of benzene rings is 1. The van der Waals surface area contributed by atoms with Gasteiger partial charge in [-0.2, -0.15) is 5.48 Å². The van der Waals surface area contributed by atoms with Gasteiger partial charge in [0, 0.05) is 25.6 Å². The summed E-state index contributed by atoms with van der Waals surface area (Å²) in [4.78, 5) is 13.8. The van der Waals surface area contributed by atoms with Gasteiger partial charge in [-0.1, -0.05) is 18.2 Å². The van der Waals surface area contributed by atoms with Gasteiger partial charge in [-0.15, -0.1) is 0 Å². The minimum atomic E-state index is -1.44. The van der Waals surface area contributed by atoms with Crippen molar-refractivity contribution in [2.75, 3.05) is 26.5 Å². The molecule has 28 heavy (non-hydrogen) atoms. The van der Waals surface area contributed by atoms with E-state index < -0.39 is 17.2 Å². The molecule has 3 atom stereocenters. The fourth-order valence-electron chi connectivity index (χ4n) is 3.55. The van der Waals surface area contributed by atoms with Crippen molar-refractivity contribution < 1.29 is 27.5 Å². The average Bonchev–Trinajstić information content (AvgIpc) is 2.68. The highest BCUT2D eigenvalue weighted by atomic mass is 32.2. The van der Waals surface area contributed by atoms with Crippen molar-refractivity contribution in [1.29, 1.82) is 0 Å². The van der Waals surface area contributed by atoms with Crippen molar-refractivity contribution in [3.05, 3.63) is 30.3 Å². The number of piperidine rings is 1. The van der Waals surface area contributed by atoms with Crippen molar-refractivity contribution >= 4 is 17.2 Å². The molecule has 1 N–H and O–H groups in total. The number of nitrogens with one attached hydrogen (secondary N) is 1. The molecule has 1 aromatic rings. The van der Waals surface area contributed by atoms with Gasteiger partial charge >= 0.3 is 6.09 Å². The number of hydrogen-bond acceptors (Lipinski definition) is 7. The predicted octanol–water partition coefficient (Wildman–Crippen LogP) is 2.03. The number of rotatable bonds is 8. The van der Waals surface area contributed by atoms with E-state index in [0.717, 1.165) is 31.4 Å². The van der Waals surface area contributed by atoms with Crippen molar-refractivity contribution in [2.24, 2.45) is 0 Å². The second kappa shape index (κ2) is 10.2. The zero-order chi connectivity index (χ0) is 19.9. The summed E-state index contributed by atoms with van der Waals surface area (Å²) >= 11 is -1.44. The maximum absolute atomic E-state index is 12.1. The first kappa shape index (κ1) is 21.0. The average molecular weight is 413 g/mol. The van der Waals surface area contributed by atoms with Gasteiger partial charge < -0.3 is 19.1 Å². The van der Waals surface area contributed by atoms with Gasteiger partial charge in [0.05, 0.1) is 31.9 Å². The van der Waals surface area contributed by atoms with Crippen LogP contribution in [0.2, 0.25) is 0 Å². The Morgan fingerprint density at radius 3 is 2.68 bits per heavy atom. The molecular weight excluding hydrogens is 384 g/mol. The maximum atomic E-state index is 12.1. The van der Waals surface area contributed by atoms with E-state index in [2.05, 4.69) is 5.48 Å². The van der Waals surface area contributed by atoms with E-state index in [0.29, 0.717) is 13.2 Å². The Morgan fingerprint density at radius 2 is 2.00 bits per heavy atom. The van der Waals surface area contributed by atoms with Crippen molar-refractivity contribution in [3.63, 3.8) is 0 Å². The number of carbonyl (C=O) groups is 1. The van der Waals surface area contributed by atoms with Gasteiger partial charge in [0.15, 0.2) is 11.1 Å². The molecule has 1 aromatic carbocycles. The lowest BCUT2D eigenvalue weighted by Crippen LogP contribution is -2.58. The molecule has 156 valence electrons. The highest BCUT2D eigenvalue weighted by molar-refractivity contribution is 7.79. The molecule has 1 saturated heterocycles. The van der Waals surface area contributed by atoms with Gasteiger partial charge in [-0.05, 0) is 25.0 Å². The van der Waals surface area contributed by atoms with Gasteiger partial charge in [-0.3, -0.25) is 0 Å². The van der Waals surface area contributed by atoms with E-state index in [9.17, 15) is 9.00 Å². The molecule has 9 heteroatoms. The molecule has 1 heterocycles. The van der Waals surface area contributed by atoms with Crippen LogP contribution in [0.5, 0.6) is 5.75 Å². The largest absolute Gasteiger partial charge is 0.490 e. The van der Waals surface area contributed by atoms with Crippen LogP contribution in [0.1, 0.15) is 25.7 Å². The number of amides is 1. The topological polar surface area (TPSA) is 86.3 Å². The smallest absolute Gasteiger partial charge is 0.409 e. The fourth-order valence-corrected chi connectivity index (χ4v) is 3.81. The number of carbonyl (C=O) groups excluding carboxylic acids is 1. The molecule has 0 spiro atoms. The quantitative estimate of drug-likeness (QED) is 0.654. The van der Waals surface area contributed by atoms with Crippen molar-refractivity contribution in [2.45, 2.75) is 50.0 Å². The first-order chi connectivity index (χ1) is 13.6. The Bertz CT molecular complexity index is 655. The Kier molecular flexibility index (Phi) is 7.66. The van der Waals surface area contributed by atoms with Gasteiger partial charge in [0.2, 0.25) is 0 Å². The lowest BCUT2D eigenvalue weighted by Gasteiger charge is -2.42. The zero-order valence-corrected chi connectivity index (χ0v) is 17.1. The molecule has 1 amide bonds. The number of ether oxygens (including phenoxy) is 3. The normalized spacial score (nSPS) is 28.3. The second-order valence-electron chi connectivity index (χ2n) is 7.06. The van der Waals surface area contributed by atoms with Crippen LogP contribution in [0.3, 0.4) is 0 Å². The lowest BCUT2D eigenvalue weighted by atomic mass is 9.91. The molecule has 1 aliphatic carbocycles. The van der Waals surface area contributed by atoms with E-state index in [1.54, 1.807) is 4.90 Å². The monoisotopic (exact) mass is 412 g/mol. The number of nitrogens with zero attached hydrogens (tertiary/aromatic N) is 1. The number of hydrogen-bond donors (Lipinski definition) is 1. The highest BCUT2D eigenvalue weighted by Gasteiger charge is 2.38. The van der Waals surface area contributed by atoms with Crippen LogP contribution >= 0.6 is 0 Å². The second-order valence-corrected chi connectivity index (χ2v) is 8.03.